The highest BCUT2D eigenvalue weighted by Crippen LogP contribution is 2.09. The van der Waals surface area contributed by atoms with Gasteiger partial charge in [0.25, 0.3) is 11.8 Å². The normalized spacial score (nSPS) is 10.4. The van der Waals surface area contributed by atoms with Crippen molar-refractivity contribution in [1.82, 2.24) is 15.2 Å². The zero-order chi connectivity index (χ0) is 18.2. The molecule has 2 aromatic rings. The van der Waals surface area contributed by atoms with Crippen LogP contribution in [0.1, 0.15) is 46.0 Å². The van der Waals surface area contributed by atoms with Crippen LogP contribution in [-0.4, -0.2) is 35.3 Å². The number of hydrogen-bond acceptors (Lipinski definition) is 3. The van der Waals surface area contributed by atoms with Crippen molar-refractivity contribution in [3.8, 4) is 0 Å². The number of pyridine rings is 1. The van der Waals surface area contributed by atoms with E-state index >= 15 is 0 Å². The minimum Gasteiger partial charge on any atom is -0.348 e. The fraction of sp³-hybridized carbons (Fsp3) is 0.316. The van der Waals surface area contributed by atoms with E-state index in [4.69, 9.17) is 0 Å². The summed E-state index contributed by atoms with van der Waals surface area (Å²) in [5.41, 5.74) is 1.03. The number of nitrogens with zero attached hydrogens (tertiary/aromatic N) is 2. The van der Waals surface area contributed by atoms with Crippen molar-refractivity contribution in [2.45, 2.75) is 26.3 Å². The van der Waals surface area contributed by atoms with Crippen molar-refractivity contribution in [1.29, 1.82) is 0 Å². The Labute approximate surface area is 146 Å². The van der Waals surface area contributed by atoms with Crippen molar-refractivity contribution in [3.05, 3.63) is 65.2 Å². The topological polar surface area (TPSA) is 62.3 Å². The monoisotopic (exact) mass is 343 g/mol. The van der Waals surface area contributed by atoms with E-state index in [1.165, 1.54) is 24.5 Å². The molecular weight excluding hydrogens is 321 g/mol. The molecule has 0 aliphatic carbocycles. The smallest absolute Gasteiger partial charge is 0.255 e. The van der Waals surface area contributed by atoms with Gasteiger partial charge in [-0.2, -0.15) is 0 Å². The molecule has 0 saturated carbocycles. The minimum atomic E-state index is -0.401. The van der Waals surface area contributed by atoms with Crippen molar-refractivity contribution < 1.29 is 14.0 Å². The van der Waals surface area contributed by atoms with Gasteiger partial charge in [0.15, 0.2) is 0 Å². The Balaban J connectivity index is 2.03. The van der Waals surface area contributed by atoms with Gasteiger partial charge in [0, 0.05) is 38.1 Å². The Morgan fingerprint density at radius 3 is 2.64 bits per heavy atom. The molecule has 0 fully saturated rings. The van der Waals surface area contributed by atoms with Gasteiger partial charge in [-0.25, -0.2) is 4.39 Å². The van der Waals surface area contributed by atoms with Crippen LogP contribution in [0.15, 0.2) is 42.7 Å². The Bertz CT molecular complexity index is 749. The van der Waals surface area contributed by atoms with Crippen LogP contribution in [0.3, 0.4) is 0 Å². The Kier molecular flexibility index (Phi) is 6.62. The minimum absolute atomic E-state index is 0.0695. The summed E-state index contributed by atoms with van der Waals surface area (Å²) in [4.78, 5) is 30.2. The van der Waals surface area contributed by atoms with E-state index in [-0.39, 0.29) is 23.8 Å². The Morgan fingerprint density at radius 1 is 1.20 bits per heavy atom. The number of unbranched alkanes of at least 4 members (excludes halogenated alkanes) is 1. The van der Waals surface area contributed by atoms with Gasteiger partial charge in [0.1, 0.15) is 5.82 Å². The van der Waals surface area contributed by atoms with E-state index in [1.54, 1.807) is 30.1 Å². The molecule has 6 heteroatoms. The molecule has 1 aromatic carbocycles. The molecule has 0 aliphatic heterocycles. The van der Waals surface area contributed by atoms with Crippen LogP contribution in [-0.2, 0) is 6.54 Å². The average molecular weight is 343 g/mol. The standard InChI is InChI=1S/C19H22FN3O2/c1-3-4-9-23(2)19(25)16-10-15(11-21-12-16)18(24)22-13-14-7-5-6-8-17(14)20/h5-8,10-12H,3-4,9,13H2,1-2H3,(H,22,24). The molecule has 0 spiro atoms. The zero-order valence-electron chi connectivity index (χ0n) is 14.5. The van der Waals surface area contributed by atoms with Gasteiger partial charge < -0.3 is 10.2 Å². The maximum absolute atomic E-state index is 13.6. The number of carbonyl (C=O) groups excluding carboxylic acids is 2. The lowest BCUT2D eigenvalue weighted by molar-refractivity contribution is 0.0793. The van der Waals surface area contributed by atoms with Crippen molar-refractivity contribution in [3.63, 3.8) is 0 Å². The molecule has 0 atom stereocenters. The molecule has 0 bridgehead atoms. The first-order chi connectivity index (χ1) is 12.0. The molecule has 0 radical (unpaired) electrons. The first-order valence-electron chi connectivity index (χ1n) is 8.25. The third-order valence-electron chi connectivity index (χ3n) is 3.84. The second kappa shape index (κ2) is 8.92. The van der Waals surface area contributed by atoms with Crippen LogP contribution in [0.2, 0.25) is 0 Å². The van der Waals surface area contributed by atoms with Gasteiger partial charge in [-0.3, -0.25) is 14.6 Å². The number of carbonyl (C=O) groups is 2. The summed E-state index contributed by atoms with van der Waals surface area (Å²) >= 11 is 0. The van der Waals surface area contributed by atoms with E-state index < -0.39 is 5.91 Å². The summed E-state index contributed by atoms with van der Waals surface area (Å²) in [6.07, 6.45) is 4.74. The van der Waals surface area contributed by atoms with Gasteiger partial charge in [-0.15, -0.1) is 0 Å². The van der Waals surface area contributed by atoms with Crippen LogP contribution < -0.4 is 5.32 Å². The summed E-state index contributed by atoms with van der Waals surface area (Å²) in [5.74, 6) is -0.950. The van der Waals surface area contributed by atoms with E-state index in [2.05, 4.69) is 17.2 Å². The maximum atomic E-state index is 13.6. The molecule has 2 amide bonds. The largest absolute Gasteiger partial charge is 0.348 e. The molecule has 1 aromatic heterocycles. The third-order valence-corrected chi connectivity index (χ3v) is 3.84. The van der Waals surface area contributed by atoms with Crippen LogP contribution in [0.4, 0.5) is 4.39 Å². The van der Waals surface area contributed by atoms with Crippen molar-refractivity contribution in [2.75, 3.05) is 13.6 Å². The predicted molar refractivity (Wildman–Crippen MR) is 93.7 cm³/mol. The molecule has 2 rings (SSSR count). The number of aromatic nitrogens is 1. The quantitative estimate of drug-likeness (QED) is 0.840. The van der Waals surface area contributed by atoms with Crippen molar-refractivity contribution in [2.24, 2.45) is 0 Å². The third kappa shape index (κ3) is 5.11. The van der Waals surface area contributed by atoms with Gasteiger partial charge in [-0.1, -0.05) is 31.5 Å². The molecule has 0 saturated heterocycles. The average Bonchev–Trinajstić information content (AvgIpc) is 2.64. The van der Waals surface area contributed by atoms with Crippen LogP contribution >= 0.6 is 0 Å². The first kappa shape index (κ1) is 18.6. The molecule has 1 heterocycles. The summed E-state index contributed by atoms with van der Waals surface area (Å²) in [6, 6.07) is 7.76. The molecule has 25 heavy (non-hydrogen) atoms. The summed E-state index contributed by atoms with van der Waals surface area (Å²) in [7, 11) is 1.73. The lowest BCUT2D eigenvalue weighted by atomic mass is 10.1. The highest BCUT2D eigenvalue weighted by molar-refractivity contribution is 5.99. The molecule has 5 nitrogen and oxygen atoms in total. The van der Waals surface area contributed by atoms with Crippen LogP contribution in [0.25, 0.3) is 0 Å². The summed E-state index contributed by atoms with van der Waals surface area (Å²) in [6.45, 7) is 2.78. The van der Waals surface area contributed by atoms with E-state index in [9.17, 15) is 14.0 Å². The van der Waals surface area contributed by atoms with Crippen molar-refractivity contribution >= 4 is 11.8 Å². The Morgan fingerprint density at radius 2 is 1.92 bits per heavy atom. The number of rotatable bonds is 7. The summed E-state index contributed by atoms with van der Waals surface area (Å²) < 4.78 is 13.6. The molecule has 1 N–H and O–H groups in total. The highest BCUT2D eigenvalue weighted by atomic mass is 19.1. The van der Waals surface area contributed by atoms with Gasteiger partial charge in [0.05, 0.1) is 11.1 Å². The Hall–Kier alpha value is -2.76. The zero-order valence-corrected chi connectivity index (χ0v) is 14.5. The van der Waals surface area contributed by atoms with Gasteiger partial charge in [0.2, 0.25) is 0 Å². The van der Waals surface area contributed by atoms with E-state index in [0.717, 1.165) is 12.8 Å². The van der Waals surface area contributed by atoms with Gasteiger partial charge >= 0.3 is 0 Å². The van der Waals surface area contributed by atoms with Gasteiger partial charge in [-0.05, 0) is 18.6 Å². The summed E-state index contributed by atoms with van der Waals surface area (Å²) in [5, 5.41) is 2.64. The van der Waals surface area contributed by atoms with E-state index in [0.29, 0.717) is 17.7 Å². The first-order valence-corrected chi connectivity index (χ1v) is 8.25. The number of amides is 2. The number of benzene rings is 1. The lowest BCUT2D eigenvalue weighted by Crippen LogP contribution is -2.28. The lowest BCUT2D eigenvalue weighted by Gasteiger charge is -2.16. The van der Waals surface area contributed by atoms with E-state index in [1.807, 2.05) is 0 Å². The predicted octanol–water partition coefficient (Wildman–Crippen LogP) is 3.02. The van der Waals surface area contributed by atoms with Crippen LogP contribution in [0, 0.1) is 5.82 Å². The highest BCUT2D eigenvalue weighted by Gasteiger charge is 2.15. The fourth-order valence-electron chi connectivity index (χ4n) is 2.32. The number of nitrogens with one attached hydrogen (secondary N) is 1. The second-order valence-corrected chi connectivity index (χ2v) is 5.82. The molecule has 0 unspecified atom stereocenters. The fourth-order valence-corrected chi connectivity index (χ4v) is 2.32. The maximum Gasteiger partial charge on any atom is 0.255 e. The molecular formula is C19H22FN3O2. The molecule has 0 aliphatic rings. The number of halogens is 1. The molecule has 132 valence electrons. The second-order valence-electron chi connectivity index (χ2n) is 5.82. The number of hydrogen-bond donors (Lipinski definition) is 1. The SMILES string of the molecule is CCCCN(C)C(=O)c1cncc(C(=O)NCc2ccccc2F)c1. The van der Waals surface area contributed by atoms with Crippen LogP contribution in [0.5, 0.6) is 0 Å².